The molecule has 1 atom stereocenters. The second-order valence-electron chi connectivity index (χ2n) is 6.08. The summed E-state index contributed by atoms with van der Waals surface area (Å²) in [6.45, 7) is 2.57. The van der Waals surface area contributed by atoms with Gasteiger partial charge in [0.25, 0.3) is 0 Å². The van der Waals surface area contributed by atoms with E-state index in [0.29, 0.717) is 30.5 Å². The molecule has 0 fully saturated rings. The predicted octanol–water partition coefficient (Wildman–Crippen LogP) is 2.60. The Morgan fingerprint density at radius 1 is 1.36 bits per heavy atom. The topological polar surface area (TPSA) is 68.7 Å². The molecule has 0 spiro atoms. The number of ether oxygens (including phenoxy) is 1. The number of sulfonamides is 1. The Morgan fingerprint density at radius 3 is 2.84 bits per heavy atom. The average Bonchev–Trinajstić information content (AvgIpc) is 2.77. The second-order valence-corrected chi connectivity index (χ2v) is 8.67. The Kier molecular flexibility index (Phi) is 5.41. The number of fused-ring (bicyclic) bond motifs is 1. The molecule has 0 bridgehead atoms. The van der Waals surface area contributed by atoms with Gasteiger partial charge in [0.2, 0.25) is 0 Å². The molecule has 0 N–H and O–H groups in total. The van der Waals surface area contributed by atoms with Crippen LogP contribution in [-0.2, 0) is 27.7 Å². The standard InChI is InChI=1S/C17H20ClN3O3S/c1-20(2)25(22,23)16-6-3-13-11-21(7-8-24-17(13)9-16)12-15-5-4-14(18)10-19-15/h3-6,9-10H,7-8,11-12H2,1-2H3. The maximum absolute atomic E-state index is 12.3. The molecule has 2 heterocycles. The van der Waals surface area contributed by atoms with E-state index in [-0.39, 0.29) is 4.90 Å². The third kappa shape index (κ3) is 4.19. The van der Waals surface area contributed by atoms with Crippen LogP contribution in [0.15, 0.2) is 41.4 Å². The molecular weight excluding hydrogens is 362 g/mol. The summed E-state index contributed by atoms with van der Waals surface area (Å²) in [5, 5.41) is 0.614. The van der Waals surface area contributed by atoms with Crippen LogP contribution in [0.1, 0.15) is 11.3 Å². The van der Waals surface area contributed by atoms with Crippen molar-refractivity contribution in [3.8, 4) is 5.75 Å². The Labute approximate surface area is 153 Å². The molecule has 0 aliphatic carbocycles. The fourth-order valence-electron chi connectivity index (χ4n) is 2.64. The SMILES string of the molecule is CN(C)[S+](=O)([O-])c1ccc2c(c1)OCCN(Cc1ccc(Cl)cn1)C2. The van der Waals surface area contributed by atoms with Crippen LogP contribution in [0, 0.1) is 0 Å². The number of aromatic nitrogens is 1. The third-order valence-electron chi connectivity index (χ3n) is 4.05. The van der Waals surface area contributed by atoms with Crippen molar-refractivity contribution in [3.05, 3.63) is 52.8 Å². The third-order valence-corrected chi connectivity index (χ3v) is 6.09. The van der Waals surface area contributed by atoms with Crippen LogP contribution in [0.4, 0.5) is 0 Å². The summed E-state index contributed by atoms with van der Waals surface area (Å²) < 4.78 is 31.5. The van der Waals surface area contributed by atoms with Crippen LogP contribution in [0.2, 0.25) is 5.02 Å². The molecule has 1 aromatic heterocycles. The lowest BCUT2D eigenvalue weighted by atomic mass is 10.2. The minimum Gasteiger partial charge on any atom is -0.593 e. The quantitative estimate of drug-likeness (QED) is 0.761. The first kappa shape index (κ1) is 18.3. The van der Waals surface area contributed by atoms with Gasteiger partial charge >= 0.3 is 0 Å². The van der Waals surface area contributed by atoms with Crippen molar-refractivity contribution in [1.82, 2.24) is 14.2 Å². The summed E-state index contributed by atoms with van der Waals surface area (Å²) >= 11 is 5.87. The highest BCUT2D eigenvalue weighted by Crippen LogP contribution is 2.29. The number of hydrogen-bond acceptors (Lipinski definition) is 5. The van der Waals surface area contributed by atoms with E-state index in [1.165, 1.54) is 18.4 Å². The van der Waals surface area contributed by atoms with Gasteiger partial charge in [-0.25, -0.2) is 0 Å². The first-order chi connectivity index (χ1) is 11.9. The first-order valence-corrected chi connectivity index (χ1v) is 9.69. The minimum atomic E-state index is -3.47. The normalized spacial score (nSPS) is 17.5. The number of benzene rings is 1. The van der Waals surface area contributed by atoms with E-state index < -0.39 is 10.4 Å². The molecule has 1 unspecified atom stereocenters. The number of pyridine rings is 1. The smallest absolute Gasteiger partial charge is 0.179 e. The highest BCUT2D eigenvalue weighted by molar-refractivity contribution is 7.95. The summed E-state index contributed by atoms with van der Waals surface area (Å²) in [5.74, 6) is 0.620. The number of hydrogen-bond donors (Lipinski definition) is 0. The highest BCUT2D eigenvalue weighted by Gasteiger charge is 2.26. The van der Waals surface area contributed by atoms with Crippen LogP contribution >= 0.6 is 11.6 Å². The fraction of sp³-hybridized carbons (Fsp3) is 0.353. The van der Waals surface area contributed by atoms with Crippen molar-refractivity contribution in [2.75, 3.05) is 27.2 Å². The average molecular weight is 382 g/mol. The lowest BCUT2D eigenvalue weighted by Gasteiger charge is -2.21. The molecule has 1 aliphatic heterocycles. The Bertz CT molecular complexity index is 798. The molecule has 6 nitrogen and oxygen atoms in total. The molecule has 2 aromatic rings. The van der Waals surface area contributed by atoms with E-state index in [1.54, 1.807) is 18.3 Å². The first-order valence-electron chi connectivity index (χ1n) is 7.87. The van der Waals surface area contributed by atoms with Gasteiger partial charge in [-0.15, -0.1) is 4.31 Å². The molecule has 134 valence electrons. The molecule has 0 amide bonds. The fourth-order valence-corrected chi connectivity index (χ4v) is 3.67. The zero-order chi connectivity index (χ0) is 18.0. The number of nitrogens with zero attached hydrogens (tertiary/aromatic N) is 3. The lowest BCUT2D eigenvalue weighted by Crippen LogP contribution is -2.29. The van der Waals surface area contributed by atoms with Crippen LogP contribution in [0.3, 0.4) is 0 Å². The monoisotopic (exact) mass is 381 g/mol. The molecule has 0 saturated carbocycles. The Balaban J connectivity index is 1.79. The molecular formula is C17H20ClN3O3S. The summed E-state index contributed by atoms with van der Waals surface area (Å²) in [4.78, 5) is 6.78. The van der Waals surface area contributed by atoms with Gasteiger partial charge in [-0.05, 0) is 24.3 Å². The Morgan fingerprint density at radius 2 is 2.16 bits per heavy atom. The lowest BCUT2D eigenvalue weighted by molar-refractivity contribution is 0.217. The van der Waals surface area contributed by atoms with Crippen molar-refractivity contribution >= 4 is 22.0 Å². The van der Waals surface area contributed by atoms with Gasteiger partial charge in [-0.1, -0.05) is 15.8 Å². The van der Waals surface area contributed by atoms with Crippen molar-refractivity contribution in [3.63, 3.8) is 0 Å². The van der Waals surface area contributed by atoms with Crippen molar-refractivity contribution in [1.29, 1.82) is 0 Å². The van der Waals surface area contributed by atoms with Gasteiger partial charge in [0, 0.05) is 51.6 Å². The Hall–Kier alpha value is -1.51. The van der Waals surface area contributed by atoms with Crippen molar-refractivity contribution in [2.45, 2.75) is 18.0 Å². The number of rotatable bonds is 4. The highest BCUT2D eigenvalue weighted by atomic mass is 35.5. The minimum absolute atomic E-state index is 0.240. The van der Waals surface area contributed by atoms with Crippen LogP contribution in [-0.4, -0.2) is 46.0 Å². The zero-order valence-corrected chi connectivity index (χ0v) is 15.7. The molecule has 0 saturated heterocycles. The van der Waals surface area contributed by atoms with E-state index in [2.05, 4.69) is 9.88 Å². The molecule has 25 heavy (non-hydrogen) atoms. The van der Waals surface area contributed by atoms with Gasteiger partial charge in [0.1, 0.15) is 12.4 Å². The number of halogens is 1. The van der Waals surface area contributed by atoms with Crippen molar-refractivity contribution in [2.24, 2.45) is 0 Å². The summed E-state index contributed by atoms with van der Waals surface area (Å²) in [6, 6.07) is 8.78. The van der Waals surface area contributed by atoms with E-state index in [1.807, 2.05) is 18.2 Å². The van der Waals surface area contributed by atoms with Gasteiger partial charge in [-0.2, -0.15) is 0 Å². The molecule has 1 aromatic carbocycles. The largest absolute Gasteiger partial charge is 0.593 e. The van der Waals surface area contributed by atoms with E-state index in [4.69, 9.17) is 16.3 Å². The van der Waals surface area contributed by atoms with E-state index in [0.717, 1.165) is 17.8 Å². The summed E-state index contributed by atoms with van der Waals surface area (Å²) in [5.41, 5.74) is 1.89. The second kappa shape index (κ2) is 7.39. The predicted molar refractivity (Wildman–Crippen MR) is 96.1 cm³/mol. The maximum Gasteiger partial charge on any atom is 0.179 e. The van der Waals surface area contributed by atoms with Gasteiger partial charge in [0.15, 0.2) is 15.3 Å². The molecule has 3 rings (SSSR count). The molecule has 1 aliphatic rings. The van der Waals surface area contributed by atoms with E-state index >= 15 is 0 Å². The maximum atomic E-state index is 12.3. The van der Waals surface area contributed by atoms with Crippen LogP contribution in [0.25, 0.3) is 0 Å². The van der Waals surface area contributed by atoms with E-state index in [9.17, 15) is 8.76 Å². The molecule has 8 heteroatoms. The summed E-state index contributed by atoms with van der Waals surface area (Å²) in [7, 11) is -0.438. The van der Waals surface area contributed by atoms with Crippen LogP contribution in [0.5, 0.6) is 5.75 Å². The zero-order valence-electron chi connectivity index (χ0n) is 14.1. The van der Waals surface area contributed by atoms with Crippen LogP contribution < -0.4 is 4.74 Å². The summed E-state index contributed by atoms with van der Waals surface area (Å²) in [6.07, 6.45) is 1.64. The van der Waals surface area contributed by atoms with Gasteiger partial charge in [0.05, 0.1) is 10.7 Å². The van der Waals surface area contributed by atoms with Gasteiger partial charge < -0.3 is 9.29 Å². The van der Waals surface area contributed by atoms with Crippen molar-refractivity contribution < 1.29 is 13.5 Å². The molecule has 0 radical (unpaired) electrons. The van der Waals surface area contributed by atoms with Gasteiger partial charge in [-0.3, -0.25) is 9.88 Å².